The smallest absolute Gasteiger partial charge is 0.251 e. The molecule has 1 aliphatic rings. The van der Waals surface area contributed by atoms with Gasteiger partial charge in [-0.1, -0.05) is 6.07 Å². The summed E-state index contributed by atoms with van der Waals surface area (Å²) in [6.45, 7) is 9.13. The summed E-state index contributed by atoms with van der Waals surface area (Å²) in [6.07, 6.45) is 2.87. The standard InChI is InChI=1S/C33H38N6O2/c1-23-18-26(20-34)19-24(2)32(23)33(40)36-15-12-25(3)38-16-13-30(14-17-38)39(29-8-10-31(41-4)11-9-29)22-28-7-5-6-27(21-35)37-28/h5-11,18-19,25,30H,12-17,22H2,1-4H3,(H,36,40)/t25-/m1/s1. The molecule has 212 valence electrons. The maximum absolute atomic E-state index is 12.9. The second-order valence-electron chi connectivity index (χ2n) is 10.7. The van der Waals surface area contributed by atoms with E-state index < -0.39 is 0 Å². The number of hydrogen-bond acceptors (Lipinski definition) is 7. The van der Waals surface area contributed by atoms with Crippen LogP contribution in [-0.2, 0) is 6.54 Å². The van der Waals surface area contributed by atoms with Gasteiger partial charge in [0.15, 0.2) is 0 Å². The fourth-order valence-electron chi connectivity index (χ4n) is 5.70. The third kappa shape index (κ3) is 7.42. The number of hydrogen-bond donors (Lipinski definition) is 1. The quantitative estimate of drug-likeness (QED) is 0.373. The van der Waals surface area contributed by atoms with Crippen molar-refractivity contribution in [3.63, 3.8) is 0 Å². The highest BCUT2D eigenvalue weighted by atomic mass is 16.5. The minimum atomic E-state index is -0.0837. The first-order valence-corrected chi connectivity index (χ1v) is 14.1. The molecule has 1 N–H and O–H groups in total. The van der Waals surface area contributed by atoms with Gasteiger partial charge in [-0.3, -0.25) is 4.79 Å². The Bertz CT molecular complexity index is 1410. The molecule has 41 heavy (non-hydrogen) atoms. The third-order valence-corrected chi connectivity index (χ3v) is 7.96. The largest absolute Gasteiger partial charge is 0.497 e. The number of likely N-dealkylation sites (tertiary alicyclic amines) is 1. The topological polar surface area (TPSA) is 105 Å². The Morgan fingerprint density at radius 1 is 1.10 bits per heavy atom. The molecule has 3 aromatic rings. The number of aryl methyl sites for hydroxylation is 2. The van der Waals surface area contributed by atoms with Gasteiger partial charge in [-0.05, 0) is 99.7 Å². The van der Waals surface area contributed by atoms with Crippen molar-refractivity contribution in [2.24, 2.45) is 0 Å². The number of benzene rings is 2. The number of methoxy groups -OCH3 is 1. The fraction of sp³-hybridized carbons (Fsp3) is 0.394. The Hall–Kier alpha value is -4.40. The van der Waals surface area contributed by atoms with Crippen LogP contribution >= 0.6 is 0 Å². The minimum Gasteiger partial charge on any atom is -0.497 e. The molecular weight excluding hydrogens is 512 g/mol. The van der Waals surface area contributed by atoms with E-state index in [1.165, 1.54) is 0 Å². The van der Waals surface area contributed by atoms with Crippen LogP contribution in [-0.4, -0.2) is 54.6 Å². The van der Waals surface area contributed by atoms with E-state index in [9.17, 15) is 15.3 Å². The number of nitrogens with one attached hydrogen (secondary N) is 1. The molecule has 1 aliphatic heterocycles. The lowest BCUT2D eigenvalue weighted by atomic mass is 9.98. The molecule has 8 heteroatoms. The van der Waals surface area contributed by atoms with Crippen LogP contribution in [0, 0.1) is 36.5 Å². The van der Waals surface area contributed by atoms with Crippen LogP contribution in [0.5, 0.6) is 5.75 Å². The van der Waals surface area contributed by atoms with E-state index in [2.05, 4.69) is 51.3 Å². The van der Waals surface area contributed by atoms with Gasteiger partial charge >= 0.3 is 0 Å². The van der Waals surface area contributed by atoms with Crippen molar-refractivity contribution >= 4 is 11.6 Å². The van der Waals surface area contributed by atoms with E-state index >= 15 is 0 Å². The van der Waals surface area contributed by atoms with Crippen LogP contribution in [0.1, 0.15) is 64.6 Å². The van der Waals surface area contributed by atoms with Gasteiger partial charge in [0.1, 0.15) is 17.5 Å². The molecular formula is C33H38N6O2. The number of carbonyl (C=O) groups excluding carboxylic acids is 1. The molecule has 1 saturated heterocycles. The molecule has 0 aliphatic carbocycles. The Morgan fingerprint density at radius 2 is 1.78 bits per heavy atom. The molecule has 2 heterocycles. The summed E-state index contributed by atoms with van der Waals surface area (Å²) in [4.78, 5) is 22.3. The highest BCUT2D eigenvalue weighted by Crippen LogP contribution is 2.28. The zero-order valence-electron chi connectivity index (χ0n) is 24.4. The molecule has 0 spiro atoms. The van der Waals surface area contributed by atoms with E-state index in [0.717, 1.165) is 60.6 Å². The SMILES string of the molecule is COc1ccc(N(Cc2cccc(C#N)n2)C2CCN([C@H](C)CCNC(=O)c3c(C)cc(C#N)cc3C)CC2)cc1. The first kappa shape index (κ1) is 29.6. The van der Waals surface area contributed by atoms with Gasteiger partial charge in [0.25, 0.3) is 5.91 Å². The molecule has 0 radical (unpaired) electrons. The zero-order valence-corrected chi connectivity index (χ0v) is 24.4. The summed E-state index contributed by atoms with van der Waals surface area (Å²) in [5.74, 6) is 0.734. The fourth-order valence-corrected chi connectivity index (χ4v) is 5.70. The van der Waals surface area contributed by atoms with Crippen LogP contribution in [0.2, 0.25) is 0 Å². The number of nitrogens with zero attached hydrogens (tertiary/aromatic N) is 5. The molecule has 1 amide bonds. The van der Waals surface area contributed by atoms with Gasteiger partial charge in [0, 0.05) is 43.0 Å². The Kier molecular flexibility index (Phi) is 9.95. The van der Waals surface area contributed by atoms with E-state index in [-0.39, 0.29) is 5.91 Å². The molecule has 0 unspecified atom stereocenters. The van der Waals surface area contributed by atoms with Crippen molar-refractivity contribution in [1.29, 1.82) is 10.5 Å². The number of ether oxygens (including phenoxy) is 1. The van der Waals surface area contributed by atoms with Crippen molar-refractivity contribution < 1.29 is 9.53 Å². The summed E-state index contributed by atoms with van der Waals surface area (Å²) in [6, 6.07) is 22.2. The number of pyridine rings is 1. The van der Waals surface area contributed by atoms with Crippen LogP contribution < -0.4 is 15.0 Å². The number of rotatable bonds is 10. The van der Waals surface area contributed by atoms with Crippen molar-refractivity contribution in [3.8, 4) is 17.9 Å². The third-order valence-electron chi connectivity index (χ3n) is 7.96. The van der Waals surface area contributed by atoms with Crippen LogP contribution in [0.4, 0.5) is 5.69 Å². The van der Waals surface area contributed by atoms with Crippen molar-refractivity contribution in [3.05, 3.63) is 88.2 Å². The molecule has 1 aromatic heterocycles. The lowest BCUT2D eigenvalue weighted by Crippen LogP contribution is -2.48. The number of aromatic nitrogens is 1. The minimum absolute atomic E-state index is 0.0837. The monoisotopic (exact) mass is 550 g/mol. The number of anilines is 1. The molecule has 1 fully saturated rings. The van der Waals surface area contributed by atoms with Gasteiger partial charge in [-0.2, -0.15) is 10.5 Å². The molecule has 0 bridgehead atoms. The summed E-state index contributed by atoms with van der Waals surface area (Å²) in [5, 5.41) is 21.6. The summed E-state index contributed by atoms with van der Waals surface area (Å²) < 4.78 is 5.36. The second-order valence-corrected chi connectivity index (χ2v) is 10.7. The van der Waals surface area contributed by atoms with Crippen LogP contribution in [0.15, 0.2) is 54.6 Å². The molecule has 1 atom stereocenters. The average molecular weight is 551 g/mol. The Labute approximate surface area is 243 Å². The number of carbonyl (C=O) groups is 1. The number of amides is 1. The first-order chi connectivity index (χ1) is 19.8. The summed E-state index contributed by atoms with van der Waals surface area (Å²) in [5.41, 5.74) is 5.29. The molecule has 4 rings (SSSR count). The predicted molar refractivity (Wildman–Crippen MR) is 160 cm³/mol. The van der Waals surface area contributed by atoms with Gasteiger partial charge in [-0.25, -0.2) is 4.98 Å². The van der Waals surface area contributed by atoms with Gasteiger partial charge in [0.2, 0.25) is 0 Å². The van der Waals surface area contributed by atoms with Gasteiger partial charge < -0.3 is 19.9 Å². The number of piperidine rings is 1. The first-order valence-electron chi connectivity index (χ1n) is 14.1. The Morgan fingerprint density at radius 3 is 2.39 bits per heavy atom. The lowest BCUT2D eigenvalue weighted by Gasteiger charge is -2.41. The van der Waals surface area contributed by atoms with Crippen molar-refractivity contribution in [2.45, 2.75) is 58.7 Å². The Balaban J connectivity index is 1.35. The highest BCUT2D eigenvalue weighted by molar-refractivity contribution is 5.97. The van der Waals surface area contributed by atoms with Crippen LogP contribution in [0.3, 0.4) is 0 Å². The number of nitriles is 2. The summed E-state index contributed by atoms with van der Waals surface area (Å²) in [7, 11) is 1.67. The maximum Gasteiger partial charge on any atom is 0.251 e. The predicted octanol–water partition coefficient (Wildman–Crippen LogP) is 5.13. The average Bonchev–Trinajstić information content (AvgIpc) is 2.99. The lowest BCUT2D eigenvalue weighted by molar-refractivity contribution is 0.0944. The molecule has 2 aromatic carbocycles. The normalized spacial score (nSPS) is 14.5. The van der Waals surface area contributed by atoms with E-state index in [0.29, 0.717) is 42.0 Å². The van der Waals surface area contributed by atoms with E-state index in [4.69, 9.17) is 4.74 Å². The molecule has 8 nitrogen and oxygen atoms in total. The second kappa shape index (κ2) is 13.8. The highest BCUT2D eigenvalue weighted by Gasteiger charge is 2.28. The summed E-state index contributed by atoms with van der Waals surface area (Å²) >= 11 is 0. The van der Waals surface area contributed by atoms with E-state index in [1.807, 2.05) is 38.1 Å². The van der Waals surface area contributed by atoms with Gasteiger partial charge in [0.05, 0.1) is 31.0 Å². The zero-order chi connectivity index (χ0) is 29.4. The van der Waals surface area contributed by atoms with Gasteiger partial charge in [-0.15, -0.1) is 0 Å². The van der Waals surface area contributed by atoms with Crippen molar-refractivity contribution in [2.75, 3.05) is 31.6 Å². The molecule has 0 saturated carbocycles. The maximum atomic E-state index is 12.9. The van der Waals surface area contributed by atoms with E-state index in [1.54, 1.807) is 25.3 Å². The van der Waals surface area contributed by atoms with Crippen molar-refractivity contribution in [1.82, 2.24) is 15.2 Å². The van der Waals surface area contributed by atoms with Crippen LogP contribution in [0.25, 0.3) is 0 Å².